The first kappa shape index (κ1) is 14.5. The lowest BCUT2D eigenvalue weighted by Crippen LogP contribution is -2.31. The van der Waals surface area contributed by atoms with E-state index in [1.807, 2.05) is 22.9 Å². The van der Waals surface area contributed by atoms with E-state index < -0.39 is 0 Å². The van der Waals surface area contributed by atoms with Gasteiger partial charge in [-0.05, 0) is 12.5 Å². The van der Waals surface area contributed by atoms with Crippen LogP contribution >= 0.6 is 11.3 Å². The van der Waals surface area contributed by atoms with Gasteiger partial charge in [-0.3, -0.25) is 9.69 Å². The Morgan fingerprint density at radius 2 is 2.00 bits per heavy atom. The summed E-state index contributed by atoms with van der Waals surface area (Å²) in [5, 5.41) is 1.92. The maximum Gasteiger partial charge on any atom is 0.307 e. The zero-order chi connectivity index (χ0) is 14.8. The highest BCUT2D eigenvalue weighted by molar-refractivity contribution is 7.07. The van der Waals surface area contributed by atoms with Gasteiger partial charge in [-0.2, -0.15) is 0 Å². The molecule has 2 atom stereocenters. The molecule has 0 bridgehead atoms. The van der Waals surface area contributed by atoms with Crippen LogP contribution in [0.2, 0.25) is 0 Å². The monoisotopic (exact) mass is 303 g/mol. The number of aryl methyl sites for hydroxylation is 1. The molecule has 2 heterocycles. The predicted molar refractivity (Wildman–Crippen MR) is 86.9 cm³/mol. The van der Waals surface area contributed by atoms with Crippen LogP contribution in [0.15, 0.2) is 40.5 Å². The zero-order valence-electron chi connectivity index (χ0n) is 12.2. The number of nitrogens with zero attached hydrogens (tertiary/aromatic N) is 2. The van der Waals surface area contributed by atoms with Crippen LogP contribution in [0.3, 0.4) is 0 Å². The highest BCUT2D eigenvalue weighted by Gasteiger charge is 2.30. The van der Waals surface area contributed by atoms with Crippen LogP contribution < -0.4 is 10.6 Å². The molecule has 112 valence electrons. The largest absolute Gasteiger partial charge is 0.326 e. The van der Waals surface area contributed by atoms with Crippen LogP contribution in [-0.4, -0.2) is 35.1 Å². The molecule has 0 saturated carbocycles. The summed E-state index contributed by atoms with van der Waals surface area (Å²) in [5.74, 6) is 0.395. The van der Waals surface area contributed by atoms with Gasteiger partial charge in [-0.25, -0.2) is 0 Å². The van der Waals surface area contributed by atoms with Crippen molar-refractivity contribution in [1.29, 1.82) is 0 Å². The van der Waals surface area contributed by atoms with E-state index in [1.54, 1.807) is 0 Å². The Hall–Kier alpha value is -1.43. The topological polar surface area (TPSA) is 51.3 Å². The van der Waals surface area contributed by atoms with Crippen molar-refractivity contribution in [2.24, 2.45) is 5.73 Å². The Morgan fingerprint density at radius 3 is 2.67 bits per heavy atom. The number of thiazole rings is 1. The molecule has 4 nitrogen and oxygen atoms in total. The summed E-state index contributed by atoms with van der Waals surface area (Å²) in [5.41, 5.74) is 8.67. The molecule has 21 heavy (non-hydrogen) atoms. The molecule has 0 radical (unpaired) electrons. The molecule has 0 amide bonds. The van der Waals surface area contributed by atoms with Gasteiger partial charge < -0.3 is 10.3 Å². The maximum atomic E-state index is 11.7. The van der Waals surface area contributed by atoms with E-state index in [-0.39, 0.29) is 10.9 Å². The molecule has 3 rings (SSSR count). The van der Waals surface area contributed by atoms with Crippen LogP contribution in [-0.2, 0) is 6.54 Å². The molecule has 1 aromatic heterocycles. The fourth-order valence-electron chi connectivity index (χ4n) is 3.06. The van der Waals surface area contributed by atoms with E-state index in [9.17, 15) is 4.79 Å². The number of benzene rings is 1. The number of nitrogens with two attached hydrogens (primary N) is 1. The van der Waals surface area contributed by atoms with Crippen molar-refractivity contribution in [3.63, 3.8) is 0 Å². The molecular weight excluding hydrogens is 282 g/mol. The summed E-state index contributed by atoms with van der Waals surface area (Å²) in [6.07, 6.45) is 0. The third-order valence-corrected chi connectivity index (χ3v) is 5.17. The predicted octanol–water partition coefficient (Wildman–Crippen LogP) is 1.64. The third kappa shape index (κ3) is 3.10. The van der Waals surface area contributed by atoms with E-state index in [4.69, 9.17) is 5.73 Å². The van der Waals surface area contributed by atoms with E-state index >= 15 is 0 Å². The molecule has 1 fully saturated rings. The number of rotatable bonds is 4. The maximum absolute atomic E-state index is 11.7. The second kappa shape index (κ2) is 6.13. The number of hydrogen-bond donors (Lipinski definition) is 1. The molecule has 0 spiro atoms. The molecule has 0 unspecified atom stereocenters. The van der Waals surface area contributed by atoms with E-state index in [2.05, 4.69) is 29.2 Å². The summed E-state index contributed by atoms with van der Waals surface area (Å²) in [6, 6.07) is 10.7. The summed E-state index contributed by atoms with van der Waals surface area (Å²) < 4.78 is 1.85. The quantitative estimate of drug-likeness (QED) is 0.934. The van der Waals surface area contributed by atoms with Crippen LogP contribution in [0, 0.1) is 6.92 Å². The fourth-order valence-corrected chi connectivity index (χ4v) is 3.83. The molecule has 2 aromatic rings. The molecule has 2 N–H and O–H groups in total. The lowest BCUT2D eigenvalue weighted by Gasteiger charge is -2.16. The molecule has 1 aliphatic heterocycles. The van der Waals surface area contributed by atoms with Crippen molar-refractivity contribution < 1.29 is 0 Å². The van der Waals surface area contributed by atoms with Crippen LogP contribution in [0.4, 0.5) is 0 Å². The number of aromatic nitrogens is 1. The van der Waals surface area contributed by atoms with E-state index in [1.165, 1.54) is 16.9 Å². The van der Waals surface area contributed by atoms with Crippen molar-refractivity contribution >= 4 is 11.3 Å². The molecule has 0 aliphatic carbocycles. The van der Waals surface area contributed by atoms with Gasteiger partial charge in [0.05, 0.1) is 0 Å². The lowest BCUT2D eigenvalue weighted by atomic mass is 9.95. The van der Waals surface area contributed by atoms with Crippen molar-refractivity contribution in [3.8, 4) is 0 Å². The van der Waals surface area contributed by atoms with Crippen molar-refractivity contribution in [3.05, 3.63) is 56.6 Å². The van der Waals surface area contributed by atoms with Gasteiger partial charge in [0.1, 0.15) is 0 Å². The minimum atomic E-state index is 0.135. The minimum Gasteiger partial charge on any atom is -0.326 e. The SMILES string of the molecule is Cc1csc(=O)n1CCN1C[C@@H](N)[C@H](c2ccccc2)C1. The highest BCUT2D eigenvalue weighted by Crippen LogP contribution is 2.26. The minimum absolute atomic E-state index is 0.135. The van der Waals surface area contributed by atoms with E-state index in [0.29, 0.717) is 5.92 Å². The summed E-state index contributed by atoms with van der Waals surface area (Å²) in [6.45, 7) is 5.50. The second-order valence-corrected chi connectivity index (χ2v) is 6.56. The van der Waals surface area contributed by atoms with Gasteiger partial charge in [-0.15, -0.1) is 0 Å². The van der Waals surface area contributed by atoms with Gasteiger partial charge in [0.25, 0.3) is 0 Å². The fraction of sp³-hybridized carbons (Fsp3) is 0.438. The van der Waals surface area contributed by atoms with E-state index in [0.717, 1.165) is 31.9 Å². The summed E-state index contributed by atoms with van der Waals surface area (Å²) in [4.78, 5) is 14.2. The van der Waals surface area contributed by atoms with Crippen LogP contribution in [0.25, 0.3) is 0 Å². The lowest BCUT2D eigenvalue weighted by molar-refractivity contribution is 0.314. The first-order valence-corrected chi connectivity index (χ1v) is 8.21. The summed E-state index contributed by atoms with van der Waals surface area (Å²) in [7, 11) is 0. The first-order chi connectivity index (χ1) is 10.1. The second-order valence-electron chi connectivity index (χ2n) is 5.74. The third-order valence-electron chi connectivity index (χ3n) is 4.28. The average molecular weight is 303 g/mol. The summed E-state index contributed by atoms with van der Waals surface area (Å²) >= 11 is 1.28. The Labute approximate surface area is 128 Å². The van der Waals surface area contributed by atoms with Gasteiger partial charge in [0, 0.05) is 49.2 Å². The zero-order valence-corrected chi connectivity index (χ0v) is 13.1. The van der Waals surface area contributed by atoms with Crippen molar-refractivity contribution in [1.82, 2.24) is 9.47 Å². The molecule has 5 heteroatoms. The van der Waals surface area contributed by atoms with Gasteiger partial charge in [0.15, 0.2) is 0 Å². The Kier molecular flexibility index (Phi) is 4.24. The molecular formula is C16H21N3OS. The smallest absolute Gasteiger partial charge is 0.307 e. The van der Waals surface area contributed by atoms with Crippen molar-refractivity contribution in [2.75, 3.05) is 19.6 Å². The Bertz CT molecular complexity index is 649. The van der Waals surface area contributed by atoms with Crippen molar-refractivity contribution in [2.45, 2.75) is 25.4 Å². The van der Waals surface area contributed by atoms with Crippen LogP contribution in [0.5, 0.6) is 0 Å². The molecule has 1 aliphatic rings. The Balaban J connectivity index is 1.63. The van der Waals surface area contributed by atoms with Gasteiger partial charge >= 0.3 is 4.87 Å². The standard InChI is InChI=1S/C16H21N3OS/c1-12-11-21-16(20)19(12)8-7-18-9-14(15(17)10-18)13-5-3-2-4-6-13/h2-6,11,14-15H,7-10,17H2,1H3/t14-,15+/m0/s1. The number of hydrogen-bond acceptors (Lipinski definition) is 4. The molecule has 1 aromatic carbocycles. The Morgan fingerprint density at radius 1 is 1.24 bits per heavy atom. The number of likely N-dealkylation sites (tertiary alicyclic amines) is 1. The highest BCUT2D eigenvalue weighted by atomic mass is 32.1. The van der Waals surface area contributed by atoms with Gasteiger partial charge in [0.2, 0.25) is 0 Å². The van der Waals surface area contributed by atoms with Gasteiger partial charge in [-0.1, -0.05) is 41.7 Å². The first-order valence-electron chi connectivity index (χ1n) is 7.33. The van der Waals surface area contributed by atoms with Crippen LogP contribution in [0.1, 0.15) is 17.2 Å². The average Bonchev–Trinajstić information content (AvgIpc) is 3.01. The molecule has 1 saturated heterocycles. The normalized spacial score (nSPS) is 22.8.